The van der Waals surface area contributed by atoms with Crippen molar-refractivity contribution in [3.8, 4) is 11.8 Å². The summed E-state index contributed by atoms with van der Waals surface area (Å²) in [6.07, 6.45) is 0.658. The van der Waals surface area contributed by atoms with Crippen molar-refractivity contribution in [3.05, 3.63) is 69.8 Å². The van der Waals surface area contributed by atoms with E-state index in [1.165, 1.54) is 0 Å². The smallest absolute Gasteiger partial charge is 0.260 e. The van der Waals surface area contributed by atoms with E-state index in [1.54, 1.807) is 12.1 Å². The van der Waals surface area contributed by atoms with Gasteiger partial charge in [-0.25, -0.2) is 0 Å². The number of allylic oxidation sites excluding steroid dienone is 2. The first kappa shape index (κ1) is 20.5. The molecule has 0 atom stereocenters. The van der Waals surface area contributed by atoms with Gasteiger partial charge in [0.15, 0.2) is 12.4 Å². The molecule has 0 aromatic heterocycles. The zero-order chi connectivity index (χ0) is 22.5. The zero-order valence-corrected chi connectivity index (χ0v) is 18.3. The molecule has 2 aromatic rings. The third-order valence-corrected chi connectivity index (χ3v) is 6.90. The molecule has 5 rings (SSSR count). The van der Waals surface area contributed by atoms with Crippen LogP contribution in [0.1, 0.15) is 46.5 Å². The number of nitriles is 1. The summed E-state index contributed by atoms with van der Waals surface area (Å²) < 4.78 is 5.84. The number of carbonyl (C=O) groups is 2. The molecule has 0 spiro atoms. The molecule has 6 nitrogen and oxygen atoms in total. The van der Waals surface area contributed by atoms with E-state index in [0.29, 0.717) is 36.4 Å². The highest BCUT2D eigenvalue weighted by atomic mass is 16.5. The van der Waals surface area contributed by atoms with Crippen molar-refractivity contribution in [2.75, 3.05) is 32.8 Å². The Morgan fingerprint density at radius 2 is 1.91 bits per heavy atom. The van der Waals surface area contributed by atoms with Crippen molar-refractivity contribution < 1.29 is 14.3 Å². The Kier molecular flexibility index (Phi) is 4.87. The van der Waals surface area contributed by atoms with Gasteiger partial charge in [-0.05, 0) is 59.0 Å². The van der Waals surface area contributed by atoms with Gasteiger partial charge >= 0.3 is 0 Å². The third kappa shape index (κ3) is 3.21. The molecular formula is C26H25N3O3. The summed E-state index contributed by atoms with van der Waals surface area (Å²) in [4.78, 5) is 27.7. The van der Waals surface area contributed by atoms with E-state index in [2.05, 4.69) is 25.2 Å². The first-order chi connectivity index (χ1) is 15.4. The van der Waals surface area contributed by atoms with Gasteiger partial charge in [-0.15, -0.1) is 0 Å². The summed E-state index contributed by atoms with van der Waals surface area (Å²) in [5.74, 6) is 0.588. The van der Waals surface area contributed by atoms with Crippen molar-refractivity contribution in [2.24, 2.45) is 0 Å². The Bertz CT molecular complexity index is 1210. The number of piperazine rings is 1. The van der Waals surface area contributed by atoms with E-state index in [1.807, 2.05) is 29.2 Å². The third-order valence-electron chi connectivity index (χ3n) is 6.90. The number of carbonyl (C=O) groups excluding carboxylic acids is 2. The van der Waals surface area contributed by atoms with Crippen LogP contribution in [0.4, 0.5) is 0 Å². The molecule has 162 valence electrons. The Balaban J connectivity index is 1.42. The monoisotopic (exact) mass is 427 g/mol. The van der Waals surface area contributed by atoms with E-state index >= 15 is 0 Å². The topological polar surface area (TPSA) is 82.4 Å². The van der Waals surface area contributed by atoms with Gasteiger partial charge in [-0.3, -0.25) is 9.59 Å². The van der Waals surface area contributed by atoms with Crippen LogP contribution in [0.2, 0.25) is 0 Å². The standard InChI is InChI=1S/C26H25N3O3/c1-26(2)21-13-18(32-15-23(30)29-9-7-28-8-10-29)4-6-20(21)25(31)24-19-5-3-16(14-27)11-17(19)12-22(24)26/h3-6,11,13,28H,7-10,12,15H2,1-2H3. The van der Waals surface area contributed by atoms with Crippen LogP contribution < -0.4 is 10.1 Å². The summed E-state index contributed by atoms with van der Waals surface area (Å²) in [5.41, 5.74) is 5.64. The van der Waals surface area contributed by atoms with Crippen LogP contribution in [0.25, 0.3) is 5.57 Å². The number of ether oxygens (including phenoxy) is 1. The number of hydrogen-bond donors (Lipinski definition) is 1. The molecular weight excluding hydrogens is 402 g/mol. The molecule has 0 saturated carbocycles. The maximum absolute atomic E-state index is 13.5. The van der Waals surface area contributed by atoms with Crippen molar-refractivity contribution in [1.82, 2.24) is 10.2 Å². The molecule has 3 aliphatic rings. The molecule has 2 aliphatic carbocycles. The van der Waals surface area contributed by atoms with Crippen LogP contribution in [0.3, 0.4) is 0 Å². The predicted octanol–water partition coefficient (Wildman–Crippen LogP) is 2.85. The van der Waals surface area contributed by atoms with Gasteiger partial charge in [0.2, 0.25) is 0 Å². The number of nitrogens with zero attached hydrogens (tertiary/aromatic N) is 2. The number of fused-ring (bicyclic) bond motifs is 3. The van der Waals surface area contributed by atoms with E-state index in [0.717, 1.165) is 40.9 Å². The molecule has 1 amide bonds. The summed E-state index contributed by atoms with van der Waals surface area (Å²) in [6.45, 7) is 7.23. The molecule has 0 radical (unpaired) electrons. The predicted molar refractivity (Wildman–Crippen MR) is 121 cm³/mol. The Labute approximate surface area is 187 Å². The second kappa shape index (κ2) is 7.61. The van der Waals surface area contributed by atoms with Crippen molar-refractivity contribution in [1.29, 1.82) is 5.26 Å². The molecule has 1 N–H and O–H groups in total. The fourth-order valence-electron chi connectivity index (χ4n) is 5.06. The lowest BCUT2D eigenvalue weighted by Crippen LogP contribution is -2.47. The Morgan fingerprint density at radius 3 is 2.66 bits per heavy atom. The highest BCUT2D eigenvalue weighted by molar-refractivity contribution is 6.33. The van der Waals surface area contributed by atoms with Crippen LogP contribution in [-0.2, 0) is 16.6 Å². The Hall–Kier alpha value is -3.43. The fraction of sp³-hybridized carbons (Fsp3) is 0.346. The molecule has 2 aromatic carbocycles. The minimum atomic E-state index is -0.369. The number of amides is 1. The molecule has 1 aliphatic heterocycles. The van der Waals surface area contributed by atoms with Crippen molar-refractivity contribution >= 4 is 17.3 Å². The number of nitrogens with one attached hydrogen (secondary N) is 1. The lowest BCUT2D eigenvalue weighted by molar-refractivity contribution is -0.133. The van der Waals surface area contributed by atoms with Crippen LogP contribution >= 0.6 is 0 Å². The van der Waals surface area contributed by atoms with Crippen LogP contribution in [0, 0.1) is 11.3 Å². The summed E-state index contributed by atoms with van der Waals surface area (Å²) in [6, 6.07) is 13.2. The fourth-order valence-corrected chi connectivity index (χ4v) is 5.06. The van der Waals surface area contributed by atoms with Gasteiger partial charge in [0, 0.05) is 42.7 Å². The lowest BCUT2D eigenvalue weighted by atomic mass is 9.68. The minimum absolute atomic E-state index is 0.0104. The number of rotatable bonds is 3. The average Bonchev–Trinajstić information content (AvgIpc) is 3.21. The second-order valence-corrected chi connectivity index (χ2v) is 9.10. The minimum Gasteiger partial charge on any atom is -0.484 e. The van der Waals surface area contributed by atoms with E-state index in [-0.39, 0.29) is 23.7 Å². The summed E-state index contributed by atoms with van der Waals surface area (Å²) >= 11 is 0. The number of ketones is 1. The molecule has 1 saturated heterocycles. The first-order valence-corrected chi connectivity index (χ1v) is 11.0. The van der Waals surface area contributed by atoms with Gasteiger partial charge in [-0.1, -0.05) is 19.9 Å². The van der Waals surface area contributed by atoms with Gasteiger partial charge in [-0.2, -0.15) is 5.26 Å². The highest BCUT2D eigenvalue weighted by Crippen LogP contribution is 2.50. The van der Waals surface area contributed by atoms with Gasteiger partial charge in [0.1, 0.15) is 5.75 Å². The van der Waals surface area contributed by atoms with Crippen LogP contribution in [-0.4, -0.2) is 49.4 Å². The molecule has 1 heterocycles. The lowest BCUT2D eigenvalue weighted by Gasteiger charge is -2.34. The van der Waals surface area contributed by atoms with Crippen molar-refractivity contribution in [2.45, 2.75) is 25.7 Å². The van der Waals surface area contributed by atoms with Gasteiger partial charge in [0.05, 0.1) is 11.6 Å². The number of Topliss-reactive ketones (excluding diaryl/α,β-unsaturated/α-hetero) is 1. The quantitative estimate of drug-likeness (QED) is 0.815. The second-order valence-electron chi connectivity index (χ2n) is 9.10. The van der Waals surface area contributed by atoms with Crippen molar-refractivity contribution in [3.63, 3.8) is 0 Å². The van der Waals surface area contributed by atoms with E-state index in [9.17, 15) is 14.9 Å². The molecule has 0 unspecified atom stereocenters. The first-order valence-electron chi connectivity index (χ1n) is 11.0. The maximum Gasteiger partial charge on any atom is 0.260 e. The Morgan fingerprint density at radius 1 is 1.16 bits per heavy atom. The van der Waals surface area contributed by atoms with Crippen LogP contribution in [0.15, 0.2) is 42.0 Å². The van der Waals surface area contributed by atoms with Gasteiger partial charge < -0.3 is 15.0 Å². The highest BCUT2D eigenvalue weighted by Gasteiger charge is 2.43. The normalized spacial score (nSPS) is 18.5. The average molecular weight is 428 g/mol. The largest absolute Gasteiger partial charge is 0.484 e. The maximum atomic E-state index is 13.5. The summed E-state index contributed by atoms with van der Waals surface area (Å²) in [7, 11) is 0. The number of benzene rings is 2. The SMILES string of the molecule is CC1(C)C2=C(C(=O)c3ccc(OCC(=O)N4CCNCC4)cc31)c1ccc(C#N)cc1C2. The number of hydrogen-bond acceptors (Lipinski definition) is 5. The van der Waals surface area contributed by atoms with E-state index in [4.69, 9.17) is 4.74 Å². The van der Waals surface area contributed by atoms with E-state index < -0.39 is 0 Å². The summed E-state index contributed by atoms with van der Waals surface area (Å²) in [5, 5.41) is 12.5. The van der Waals surface area contributed by atoms with Crippen LogP contribution in [0.5, 0.6) is 5.75 Å². The van der Waals surface area contributed by atoms with Gasteiger partial charge in [0.25, 0.3) is 5.91 Å². The molecule has 0 bridgehead atoms. The molecule has 32 heavy (non-hydrogen) atoms. The molecule has 1 fully saturated rings. The zero-order valence-electron chi connectivity index (χ0n) is 18.3. The molecule has 6 heteroatoms.